The third-order valence-electron chi connectivity index (χ3n) is 2.22. The highest BCUT2D eigenvalue weighted by Crippen LogP contribution is 2.19. The van der Waals surface area contributed by atoms with Crippen molar-refractivity contribution in [3.8, 4) is 18.2 Å². The van der Waals surface area contributed by atoms with Gasteiger partial charge in [0.15, 0.2) is 0 Å². The first kappa shape index (κ1) is 11.1. The third-order valence-corrected chi connectivity index (χ3v) is 2.22. The van der Waals surface area contributed by atoms with Gasteiger partial charge in [0.25, 0.3) is 5.56 Å². The van der Waals surface area contributed by atoms with Gasteiger partial charge < -0.3 is 5.11 Å². The second-order valence-corrected chi connectivity index (χ2v) is 3.75. The molecule has 1 heterocycles. The Bertz CT molecular complexity index is 543. The van der Waals surface area contributed by atoms with E-state index in [-0.39, 0.29) is 5.56 Å². The van der Waals surface area contributed by atoms with E-state index in [1.54, 1.807) is 13.8 Å². The van der Waals surface area contributed by atoms with Gasteiger partial charge in [0.1, 0.15) is 5.54 Å². The molecule has 0 saturated heterocycles. The van der Waals surface area contributed by atoms with Crippen molar-refractivity contribution in [2.24, 2.45) is 0 Å². The molecule has 1 aromatic heterocycles. The van der Waals surface area contributed by atoms with Crippen molar-refractivity contribution < 1.29 is 5.11 Å². The highest BCUT2D eigenvalue weighted by atomic mass is 16.3. The van der Waals surface area contributed by atoms with E-state index < -0.39 is 22.7 Å². The van der Waals surface area contributed by atoms with Gasteiger partial charge in [0.2, 0.25) is 5.88 Å². The van der Waals surface area contributed by atoms with Crippen LogP contribution in [0.3, 0.4) is 0 Å². The number of aromatic hydroxyl groups is 1. The van der Waals surface area contributed by atoms with Gasteiger partial charge in [-0.1, -0.05) is 5.92 Å². The molecule has 0 spiro atoms. The third kappa shape index (κ3) is 1.66. The van der Waals surface area contributed by atoms with Crippen LogP contribution in [-0.2, 0) is 5.54 Å². The van der Waals surface area contributed by atoms with Gasteiger partial charge in [0.05, 0.1) is 5.56 Å². The second-order valence-electron chi connectivity index (χ2n) is 3.75. The highest BCUT2D eigenvalue weighted by molar-refractivity contribution is 5.24. The largest absolute Gasteiger partial charge is 0.494 e. The summed E-state index contributed by atoms with van der Waals surface area (Å²) in [5.74, 6) is 1.97. The smallest absolute Gasteiger partial charge is 0.332 e. The zero-order valence-electron chi connectivity index (χ0n) is 8.79. The van der Waals surface area contributed by atoms with Gasteiger partial charge in [0, 0.05) is 0 Å². The van der Waals surface area contributed by atoms with Crippen LogP contribution >= 0.6 is 0 Å². The topological polar surface area (TPSA) is 75.1 Å². The molecule has 0 bridgehead atoms. The first-order chi connectivity index (χ1) is 6.81. The number of terminal acetylenes is 1. The number of rotatable bonds is 1. The maximum absolute atomic E-state index is 11.5. The fourth-order valence-corrected chi connectivity index (χ4v) is 1.20. The number of aromatic nitrogens is 2. The number of nitrogens with one attached hydrogen (secondary N) is 1. The predicted octanol–water partition coefficient (Wildman–Crippen LogP) is -0.0811. The Labute approximate surface area is 86.4 Å². The average Bonchev–Trinajstić information content (AvgIpc) is 2.14. The Morgan fingerprint density at radius 2 is 2.00 bits per heavy atom. The molecule has 0 atom stereocenters. The normalized spacial score (nSPS) is 11.1. The van der Waals surface area contributed by atoms with Crippen molar-refractivity contribution in [3.05, 3.63) is 26.4 Å². The zero-order valence-corrected chi connectivity index (χ0v) is 8.79. The van der Waals surface area contributed by atoms with Crippen LogP contribution in [0.25, 0.3) is 0 Å². The number of aromatic amines is 1. The summed E-state index contributed by atoms with van der Waals surface area (Å²) in [6, 6.07) is 0. The molecule has 0 amide bonds. The Morgan fingerprint density at radius 3 is 2.47 bits per heavy atom. The van der Waals surface area contributed by atoms with E-state index in [2.05, 4.69) is 10.9 Å². The number of hydrogen-bond donors (Lipinski definition) is 2. The molecule has 80 valence electrons. The van der Waals surface area contributed by atoms with Crippen LogP contribution in [0.5, 0.6) is 5.88 Å². The second kappa shape index (κ2) is 3.31. The molecule has 0 aromatic carbocycles. The predicted molar refractivity (Wildman–Crippen MR) is 55.9 cm³/mol. The Kier molecular flexibility index (Phi) is 2.46. The van der Waals surface area contributed by atoms with Crippen molar-refractivity contribution in [3.63, 3.8) is 0 Å². The van der Waals surface area contributed by atoms with Crippen molar-refractivity contribution in [1.82, 2.24) is 9.55 Å². The summed E-state index contributed by atoms with van der Waals surface area (Å²) >= 11 is 0. The van der Waals surface area contributed by atoms with Gasteiger partial charge in [-0.2, -0.15) is 0 Å². The maximum Gasteiger partial charge on any atom is 0.332 e. The van der Waals surface area contributed by atoms with Crippen LogP contribution in [-0.4, -0.2) is 14.7 Å². The van der Waals surface area contributed by atoms with Gasteiger partial charge in [-0.05, 0) is 20.8 Å². The summed E-state index contributed by atoms with van der Waals surface area (Å²) in [5.41, 5.74) is -2.25. The summed E-state index contributed by atoms with van der Waals surface area (Å²) < 4.78 is 0.976. The lowest BCUT2D eigenvalue weighted by atomic mass is 10.1. The molecule has 0 unspecified atom stereocenters. The van der Waals surface area contributed by atoms with E-state index in [0.717, 1.165) is 4.57 Å². The van der Waals surface area contributed by atoms with E-state index in [9.17, 15) is 14.7 Å². The quantitative estimate of drug-likeness (QED) is 0.634. The SMILES string of the molecule is C#CC(C)(C)n1c(O)c(C)c(=O)[nH]c1=O. The molecule has 2 N–H and O–H groups in total. The standard InChI is InChI=1S/C10H12N2O3/c1-5-10(3,4)12-8(14)6(2)7(13)11-9(12)15/h1,14H,2-4H3,(H,11,13,15). The number of nitrogens with zero attached hydrogens (tertiary/aromatic N) is 1. The van der Waals surface area contributed by atoms with Crippen molar-refractivity contribution >= 4 is 0 Å². The van der Waals surface area contributed by atoms with Gasteiger partial charge in [-0.25, -0.2) is 9.36 Å². The van der Waals surface area contributed by atoms with Crippen LogP contribution in [0, 0.1) is 19.3 Å². The van der Waals surface area contributed by atoms with Crippen LogP contribution < -0.4 is 11.2 Å². The molecule has 0 fully saturated rings. The monoisotopic (exact) mass is 208 g/mol. The molecule has 5 heteroatoms. The van der Waals surface area contributed by atoms with Gasteiger partial charge in [-0.3, -0.25) is 9.78 Å². The molecular formula is C10H12N2O3. The fraction of sp³-hybridized carbons (Fsp3) is 0.400. The molecule has 0 aliphatic rings. The van der Waals surface area contributed by atoms with Crippen molar-refractivity contribution in [2.75, 3.05) is 0 Å². The zero-order chi connectivity index (χ0) is 11.8. The van der Waals surface area contributed by atoms with Crippen molar-refractivity contribution in [2.45, 2.75) is 26.3 Å². The summed E-state index contributed by atoms with van der Waals surface area (Å²) in [5, 5.41) is 9.67. The van der Waals surface area contributed by atoms with Gasteiger partial charge >= 0.3 is 5.69 Å². The maximum atomic E-state index is 11.5. The van der Waals surface area contributed by atoms with E-state index in [4.69, 9.17) is 6.42 Å². The molecule has 15 heavy (non-hydrogen) atoms. The van der Waals surface area contributed by atoms with E-state index >= 15 is 0 Å². The minimum Gasteiger partial charge on any atom is -0.494 e. The minimum atomic E-state index is -0.990. The Hall–Kier alpha value is -1.96. The molecule has 0 saturated carbocycles. The molecule has 5 nitrogen and oxygen atoms in total. The lowest BCUT2D eigenvalue weighted by Crippen LogP contribution is -2.40. The molecular weight excluding hydrogens is 196 g/mol. The van der Waals surface area contributed by atoms with Gasteiger partial charge in [-0.15, -0.1) is 6.42 Å². The van der Waals surface area contributed by atoms with E-state index in [0.29, 0.717) is 0 Å². The van der Waals surface area contributed by atoms with Crippen LogP contribution in [0.4, 0.5) is 0 Å². The molecule has 0 aliphatic heterocycles. The average molecular weight is 208 g/mol. The minimum absolute atomic E-state index is 0.0675. The molecule has 0 radical (unpaired) electrons. The van der Waals surface area contributed by atoms with Crippen LogP contribution in [0.2, 0.25) is 0 Å². The Morgan fingerprint density at radius 1 is 1.47 bits per heavy atom. The summed E-state index contributed by atoms with van der Waals surface area (Å²) in [7, 11) is 0. The number of H-pyrrole nitrogens is 1. The van der Waals surface area contributed by atoms with E-state index in [1.807, 2.05) is 0 Å². The lowest BCUT2D eigenvalue weighted by molar-refractivity contribution is 0.339. The highest BCUT2D eigenvalue weighted by Gasteiger charge is 2.23. The molecule has 1 rings (SSSR count). The first-order valence-electron chi connectivity index (χ1n) is 4.34. The first-order valence-corrected chi connectivity index (χ1v) is 4.34. The van der Waals surface area contributed by atoms with Crippen molar-refractivity contribution in [1.29, 1.82) is 0 Å². The van der Waals surface area contributed by atoms with E-state index in [1.165, 1.54) is 6.92 Å². The number of hydrogen-bond acceptors (Lipinski definition) is 3. The summed E-state index contributed by atoms with van der Waals surface area (Å²) in [6.45, 7) is 4.59. The summed E-state index contributed by atoms with van der Waals surface area (Å²) in [4.78, 5) is 24.7. The molecule has 0 aliphatic carbocycles. The van der Waals surface area contributed by atoms with Crippen LogP contribution in [0.15, 0.2) is 9.59 Å². The fourth-order valence-electron chi connectivity index (χ4n) is 1.20. The lowest BCUT2D eigenvalue weighted by Gasteiger charge is -2.22. The summed E-state index contributed by atoms with van der Waals surface area (Å²) in [6.07, 6.45) is 5.25. The Balaban J connectivity index is 3.74. The van der Waals surface area contributed by atoms with Crippen LogP contribution in [0.1, 0.15) is 19.4 Å². The molecule has 1 aromatic rings.